The molecule has 2 aliphatic heterocycles. The molecule has 0 aliphatic carbocycles. The molecular weight excluding hydrogens is 343 g/mol. The van der Waals surface area contributed by atoms with Crippen LogP contribution in [0.15, 0.2) is 72.3 Å². The summed E-state index contributed by atoms with van der Waals surface area (Å²) in [5.74, 6) is 5.05. The lowest BCUT2D eigenvalue weighted by Crippen LogP contribution is -3.11. The largest absolute Gasteiger partial charge is 0.456 e. The lowest BCUT2D eigenvalue weighted by molar-refractivity contribution is -0.883. The van der Waals surface area contributed by atoms with Gasteiger partial charge < -0.3 is 9.64 Å². The van der Waals surface area contributed by atoms with Gasteiger partial charge in [-0.1, -0.05) is 60.7 Å². The van der Waals surface area contributed by atoms with Crippen molar-refractivity contribution in [2.24, 2.45) is 0 Å². The van der Waals surface area contributed by atoms with Gasteiger partial charge in [-0.2, -0.15) is 0 Å². The van der Waals surface area contributed by atoms with Crippen LogP contribution in [0.4, 0.5) is 0 Å². The fraction of sp³-hybridized carbons (Fsp3) is 0.238. The van der Waals surface area contributed by atoms with E-state index in [2.05, 4.69) is 11.7 Å². The average Bonchev–Trinajstić information content (AvgIpc) is 2.69. The number of hydrogen-bond donors (Lipinski definition) is 1. The van der Waals surface area contributed by atoms with Crippen molar-refractivity contribution in [3.05, 3.63) is 83.4 Å². The van der Waals surface area contributed by atoms with Crippen LogP contribution in [0.5, 0.6) is 0 Å². The highest BCUT2D eigenvalue weighted by Gasteiger charge is 2.35. The highest BCUT2D eigenvalue weighted by Crippen LogP contribution is 2.59. The predicted molar refractivity (Wildman–Crippen MR) is 106 cm³/mol. The Hall–Kier alpha value is -2.13. The molecule has 4 nitrogen and oxygen atoms in total. The zero-order valence-electron chi connectivity index (χ0n) is 15.0. The number of likely N-dealkylation sites (N-methyl/N-ethyl adjacent to an activating group) is 1. The molecule has 0 spiro atoms. The lowest BCUT2D eigenvalue weighted by atomic mass is 10.2. The van der Waals surface area contributed by atoms with E-state index in [0.29, 0.717) is 11.5 Å². The maximum Gasteiger partial charge on any atom is 0.201 e. The summed E-state index contributed by atoms with van der Waals surface area (Å²) in [6.45, 7) is 3.68. The van der Waals surface area contributed by atoms with Gasteiger partial charge in [0.15, 0.2) is 0 Å². The highest BCUT2D eigenvalue weighted by molar-refractivity contribution is 7.68. The van der Waals surface area contributed by atoms with Gasteiger partial charge in [-0.25, -0.2) is 4.67 Å². The molecule has 1 N–H and O–H groups in total. The van der Waals surface area contributed by atoms with E-state index in [1.165, 1.54) is 4.90 Å². The maximum absolute atomic E-state index is 13.9. The average molecular weight is 367 g/mol. The molecule has 0 bridgehead atoms. The van der Waals surface area contributed by atoms with E-state index in [4.69, 9.17) is 4.74 Å². The van der Waals surface area contributed by atoms with Crippen LogP contribution in [0.25, 0.3) is 11.5 Å². The number of piperazine rings is 1. The Labute approximate surface area is 154 Å². The van der Waals surface area contributed by atoms with Crippen LogP contribution < -0.4 is 4.90 Å². The SMILES string of the molecule is C[NH+]1CCN(P2(=O)C=C(c3ccccc3)OC(c3ccccc3)=C2)CC1. The number of quaternary nitrogens is 1. The molecule has 5 heteroatoms. The van der Waals surface area contributed by atoms with Gasteiger partial charge >= 0.3 is 0 Å². The molecule has 2 aromatic carbocycles. The summed E-state index contributed by atoms with van der Waals surface area (Å²) in [6, 6.07) is 19.9. The second kappa shape index (κ2) is 7.24. The number of nitrogens with one attached hydrogen (secondary N) is 1. The number of nitrogens with zero attached hydrogens (tertiary/aromatic N) is 1. The molecule has 134 valence electrons. The van der Waals surface area contributed by atoms with Crippen LogP contribution in [0.3, 0.4) is 0 Å². The molecule has 0 radical (unpaired) electrons. The van der Waals surface area contributed by atoms with Crippen molar-refractivity contribution in [3.63, 3.8) is 0 Å². The highest BCUT2D eigenvalue weighted by atomic mass is 31.2. The van der Waals surface area contributed by atoms with Crippen molar-refractivity contribution in [1.82, 2.24) is 4.67 Å². The van der Waals surface area contributed by atoms with E-state index < -0.39 is 7.29 Å². The first-order valence-electron chi connectivity index (χ1n) is 9.05. The van der Waals surface area contributed by atoms with Crippen LogP contribution in [-0.4, -0.2) is 37.9 Å². The van der Waals surface area contributed by atoms with E-state index in [0.717, 1.165) is 37.3 Å². The lowest BCUT2D eigenvalue weighted by Gasteiger charge is -2.35. The van der Waals surface area contributed by atoms with Crippen LogP contribution >= 0.6 is 7.29 Å². The van der Waals surface area contributed by atoms with Crippen LogP contribution in [0.2, 0.25) is 0 Å². The molecule has 0 amide bonds. The minimum atomic E-state index is -2.79. The number of ether oxygens (including phenoxy) is 1. The minimum absolute atomic E-state index is 0.682. The first-order chi connectivity index (χ1) is 12.6. The first-order valence-corrected chi connectivity index (χ1v) is 10.8. The Morgan fingerprint density at radius 1 is 0.846 bits per heavy atom. The van der Waals surface area contributed by atoms with Crippen molar-refractivity contribution in [1.29, 1.82) is 0 Å². The Morgan fingerprint density at radius 3 is 1.77 bits per heavy atom. The van der Waals surface area contributed by atoms with E-state index >= 15 is 0 Å². The Morgan fingerprint density at radius 2 is 1.31 bits per heavy atom. The van der Waals surface area contributed by atoms with Crippen LogP contribution in [0, 0.1) is 0 Å². The van der Waals surface area contributed by atoms with Gasteiger partial charge in [-0.3, -0.25) is 4.57 Å². The number of hydrogen-bond acceptors (Lipinski definition) is 2. The Bertz CT molecular complexity index is 810. The summed E-state index contributed by atoms with van der Waals surface area (Å²) >= 11 is 0. The van der Waals surface area contributed by atoms with Crippen LogP contribution in [0.1, 0.15) is 11.1 Å². The van der Waals surface area contributed by atoms with Gasteiger partial charge in [0, 0.05) is 22.8 Å². The van der Waals surface area contributed by atoms with Crippen molar-refractivity contribution in [2.45, 2.75) is 0 Å². The monoisotopic (exact) mass is 367 g/mol. The fourth-order valence-electron chi connectivity index (χ4n) is 3.37. The maximum atomic E-state index is 13.9. The summed E-state index contributed by atoms with van der Waals surface area (Å²) in [5.41, 5.74) is 1.91. The fourth-order valence-corrected chi connectivity index (χ4v) is 5.67. The Balaban J connectivity index is 1.75. The van der Waals surface area contributed by atoms with E-state index in [9.17, 15) is 4.57 Å². The molecule has 1 saturated heterocycles. The zero-order valence-corrected chi connectivity index (χ0v) is 15.9. The summed E-state index contributed by atoms with van der Waals surface area (Å²) < 4.78 is 22.3. The zero-order chi connectivity index (χ0) is 18.0. The van der Waals surface area contributed by atoms with Crippen molar-refractivity contribution >= 4 is 18.8 Å². The predicted octanol–water partition coefficient (Wildman–Crippen LogP) is 3.12. The normalized spacial score (nSPS) is 20.8. The third kappa shape index (κ3) is 3.54. The number of rotatable bonds is 3. The van der Waals surface area contributed by atoms with Gasteiger partial charge in [0.25, 0.3) is 0 Å². The molecular formula is C21H24N2O2P+. The third-order valence-corrected chi connectivity index (χ3v) is 7.47. The summed E-state index contributed by atoms with van der Waals surface area (Å²) in [6.07, 6.45) is 0. The van der Waals surface area contributed by atoms with Crippen molar-refractivity contribution < 1.29 is 14.2 Å². The minimum Gasteiger partial charge on any atom is -0.456 e. The summed E-state index contributed by atoms with van der Waals surface area (Å²) in [5, 5.41) is 0. The number of benzene rings is 2. The van der Waals surface area contributed by atoms with Gasteiger partial charge in [0.1, 0.15) is 11.5 Å². The standard InChI is InChI=1S/C21H23N2O2P/c1-22-12-14-23(15-13-22)26(24)16-20(18-8-4-2-5-9-18)25-21(17-26)19-10-6-3-7-11-19/h2-11,16-17H,12-15H2,1H3/p+1. The van der Waals surface area contributed by atoms with Crippen molar-refractivity contribution in [3.8, 4) is 0 Å². The molecule has 2 aliphatic rings. The van der Waals surface area contributed by atoms with E-state index in [1.807, 2.05) is 72.3 Å². The second-order valence-electron chi connectivity index (χ2n) is 6.90. The van der Waals surface area contributed by atoms with Gasteiger partial charge in [0.2, 0.25) is 7.29 Å². The molecule has 0 unspecified atom stereocenters. The van der Waals surface area contributed by atoms with E-state index in [1.54, 1.807) is 0 Å². The van der Waals surface area contributed by atoms with Gasteiger partial charge in [-0.05, 0) is 0 Å². The molecule has 4 rings (SSSR count). The molecule has 1 fully saturated rings. The quantitative estimate of drug-likeness (QED) is 0.847. The summed E-state index contributed by atoms with van der Waals surface area (Å²) in [4.78, 5) is 1.49. The molecule has 26 heavy (non-hydrogen) atoms. The third-order valence-electron chi connectivity index (χ3n) is 4.98. The molecule has 0 saturated carbocycles. The van der Waals surface area contributed by atoms with E-state index in [-0.39, 0.29) is 0 Å². The van der Waals surface area contributed by atoms with Crippen molar-refractivity contribution in [2.75, 3.05) is 33.2 Å². The molecule has 0 atom stereocenters. The van der Waals surface area contributed by atoms with Gasteiger partial charge in [0.05, 0.1) is 33.2 Å². The second-order valence-corrected chi connectivity index (χ2v) is 9.33. The topological polar surface area (TPSA) is 34.0 Å². The smallest absolute Gasteiger partial charge is 0.201 e. The molecule has 2 heterocycles. The van der Waals surface area contributed by atoms with Crippen LogP contribution in [-0.2, 0) is 9.30 Å². The Kier molecular flexibility index (Phi) is 4.82. The summed E-state index contributed by atoms with van der Waals surface area (Å²) in [7, 11) is -0.599. The molecule has 2 aromatic rings. The molecule has 0 aromatic heterocycles. The first kappa shape index (κ1) is 17.3. The van der Waals surface area contributed by atoms with Gasteiger partial charge in [-0.15, -0.1) is 0 Å².